The molecule has 0 aromatic carbocycles. The van der Waals surface area contributed by atoms with E-state index in [-0.39, 0.29) is 0 Å². The molecule has 2 rings (SSSR count). The maximum atomic E-state index is 4.10. The minimum atomic E-state index is 1.01. The van der Waals surface area contributed by atoms with Gasteiger partial charge in [-0.1, -0.05) is 0 Å². The number of fused-ring (bicyclic) bond motifs is 1. The highest BCUT2D eigenvalue weighted by Crippen LogP contribution is 2.19. The van der Waals surface area contributed by atoms with Gasteiger partial charge in [-0.3, -0.25) is 0 Å². The van der Waals surface area contributed by atoms with E-state index in [1.807, 2.05) is 6.92 Å². The number of anilines is 1. The van der Waals surface area contributed by atoms with Crippen molar-refractivity contribution in [2.45, 2.75) is 13.3 Å². The van der Waals surface area contributed by atoms with E-state index in [0.717, 1.165) is 24.5 Å². The molecule has 3 heteroatoms. The van der Waals surface area contributed by atoms with Crippen LogP contribution < -0.4 is 5.32 Å². The Morgan fingerprint density at radius 1 is 1.50 bits per heavy atom. The van der Waals surface area contributed by atoms with E-state index < -0.39 is 0 Å². The molecule has 0 saturated carbocycles. The van der Waals surface area contributed by atoms with Crippen molar-refractivity contribution in [3.05, 3.63) is 17.6 Å². The van der Waals surface area contributed by atoms with Gasteiger partial charge < -0.3 is 5.32 Å². The monoisotopic (exact) mass is 135 g/mol. The Bertz CT molecular complexity index is 257. The number of nitrogens with zero attached hydrogens (tertiary/aromatic N) is 2. The van der Waals surface area contributed by atoms with Crippen LogP contribution in [0.15, 0.2) is 6.33 Å². The van der Waals surface area contributed by atoms with Crippen LogP contribution in [-0.2, 0) is 6.42 Å². The van der Waals surface area contributed by atoms with Crippen LogP contribution in [0.5, 0.6) is 0 Å². The summed E-state index contributed by atoms with van der Waals surface area (Å²) in [7, 11) is 0. The molecule has 0 amide bonds. The van der Waals surface area contributed by atoms with Gasteiger partial charge in [0.1, 0.15) is 12.1 Å². The zero-order chi connectivity index (χ0) is 6.97. The summed E-state index contributed by atoms with van der Waals surface area (Å²) in [5.41, 5.74) is 2.39. The highest BCUT2D eigenvalue weighted by molar-refractivity contribution is 5.49. The molecule has 1 N–H and O–H groups in total. The van der Waals surface area contributed by atoms with Gasteiger partial charge in [-0.15, -0.1) is 0 Å². The summed E-state index contributed by atoms with van der Waals surface area (Å²) in [6, 6.07) is 0. The number of aromatic nitrogens is 2. The lowest BCUT2D eigenvalue weighted by molar-refractivity contribution is 1.04. The van der Waals surface area contributed by atoms with Gasteiger partial charge in [0.15, 0.2) is 0 Å². The molecule has 0 unspecified atom stereocenters. The number of nitrogens with one attached hydrogen (secondary N) is 1. The van der Waals surface area contributed by atoms with Gasteiger partial charge in [0.05, 0.1) is 0 Å². The number of hydrogen-bond acceptors (Lipinski definition) is 3. The van der Waals surface area contributed by atoms with E-state index in [0.29, 0.717) is 0 Å². The molecule has 1 aliphatic rings. The Balaban J connectivity index is 2.59. The van der Waals surface area contributed by atoms with E-state index in [2.05, 4.69) is 15.3 Å². The molecule has 0 saturated heterocycles. The molecule has 0 atom stereocenters. The van der Waals surface area contributed by atoms with Crippen molar-refractivity contribution in [1.29, 1.82) is 0 Å². The summed E-state index contributed by atoms with van der Waals surface area (Å²) in [4.78, 5) is 8.20. The number of rotatable bonds is 0. The summed E-state index contributed by atoms with van der Waals surface area (Å²) in [6.45, 7) is 3.03. The fourth-order valence-corrected chi connectivity index (χ4v) is 1.26. The van der Waals surface area contributed by atoms with Crippen molar-refractivity contribution in [2.24, 2.45) is 0 Å². The predicted molar refractivity (Wildman–Crippen MR) is 39.0 cm³/mol. The molecule has 0 radical (unpaired) electrons. The highest BCUT2D eigenvalue weighted by Gasteiger charge is 2.12. The van der Waals surface area contributed by atoms with Crippen molar-refractivity contribution < 1.29 is 0 Å². The smallest absolute Gasteiger partial charge is 0.132 e. The number of aryl methyl sites for hydroxylation is 1. The predicted octanol–water partition coefficient (Wildman–Crippen LogP) is 0.753. The van der Waals surface area contributed by atoms with Crippen LogP contribution in [0, 0.1) is 6.92 Å². The van der Waals surface area contributed by atoms with Crippen LogP contribution >= 0.6 is 0 Å². The lowest BCUT2D eigenvalue weighted by Gasteiger charge is -1.98. The average Bonchev–Trinajstić information content (AvgIpc) is 2.36. The van der Waals surface area contributed by atoms with Crippen molar-refractivity contribution in [3.8, 4) is 0 Å². The van der Waals surface area contributed by atoms with E-state index in [1.54, 1.807) is 6.33 Å². The summed E-state index contributed by atoms with van der Waals surface area (Å²) in [5.74, 6) is 1.02. The summed E-state index contributed by atoms with van der Waals surface area (Å²) in [5, 5.41) is 3.19. The zero-order valence-electron chi connectivity index (χ0n) is 5.89. The van der Waals surface area contributed by atoms with Crippen LogP contribution in [0.25, 0.3) is 0 Å². The van der Waals surface area contributed by atoms with Gasteiger partial charge in [-0.2, -0.15) is 0 Å². The lowest BCUT2D eigenvalue weighted by Crippen LogP contribution is -1.93. The zero-order valence-corrected chi connectivity index (χ0v) is 5.89. The molecular weight excluding hydrogens is 126 g/mol. The van der Waals surface area contributed by atoms with E-state index >= 15 is 0 Å². The maximum Gasteiger partial charge on any atom is 0.132 e. The minimum absolute atomic E-state index is 1.01. The Labute approximate surface area is 59.5 Å². The van der Waals surface area contributed by atoms with Crippen LogP contribution in [0.4, 0.5) is 5.82 Å². The molecule has 2 heterocycles. The van der Waals surface area contributed by atoms with Gasteiger partial charge in [-0.25, -0.2) is 9.97 Å². The molecule has 1 aromatic rings. The molecule has 1 aromatic heterocycles. The van der Waals surface area contributed by atoms with Crippen molar-refractivity contribution in [3.63, 3.8) is 0 Å². The first kappa shape index (κ1) is 5.65. The van der Waals surface area contributed by atoms with E-state index in [1.165, 1.54) is 5.56 Å². The van der Waals surface area contributed by atoms with Crippen LogP contribution in [0.1, 0.15) is 11.3 Å². The second-order valence-electron chi connectivity index (χ2n) is 2.46. The lowest BCUT2D eigenvalue weighted by atomic mass is 10.2. The molecule has 0 aliphatic carbocycles. The Hall–Kier alpha value is -1.12. The first-order valence-electron chi connectivity index (χ1n) is 3.42. The largest absolute Gasteiger partial charge is 0.369 e. The van der Waals surface area contributed by atoms with E-state index in [9.17, 15) is 0 Å². The normalized spacial score (nSPS) is 14.5. The standard InChI is InChI=1S/C7H9N3/c1-5-6-2-3-8-7(6)10-4-9-5/h4H,2-3H2,1H3,(H,8,9,10). The molecule has 0 spiro atoms. The summed E-state index contributed by atoms with van der Waals surface area (Å²) >= 11 is 0. The second kappa shape index (κ2) is 1.94. The topological polar surface area (TPSA) is 37.8 Å². The molecule has 10 heavy (non-hydrogen) atoms. The SMILES string of the molecule is Cc1ncnc2c1CCN2. The van der Waals surface area contributed by atoms with Gasteiger partial charge in [-0.05, 0) is 13.3 Å². The maximum absolute atomic E-state index is 4.10. The van der Waals surface area contributed by atoms with Crippen LogP contribution in [0.3, 0.4) is 0 Å². The van der Waals surface area contributed by atoms with Crippen molar-refractivity contribution in [2.75, 3.05) is 11.9 Å². The quantitative estimate of drug-likeness (QED) is 0.570. The van der Waals surface area contributed by atoms with Crippen LogP contribution in [0.2, 0.25) is 0 Å². The van der Waals surface area contributed by atoms with Gasteiger partial charge in [0.25, 0.3) is 0 Å². The Morgan fingerprint density at radius 3 is 3.20 bits per heavy atom. The average molecular weight is 135 g/mol. The Kier molecular flexibility index (Phi) is 1.09. The van der Waals surface area contributed by atoms with Gasteiger partial charge in [0.2, 0.25) is 0 Å². The van der Waals surface area contributed by atoms with Gasteiger partial charge in [0, 0.05) is 17.8 Å². The molecule has 3 nitrogen and oxygen atoms in total. The van der Waals surface area contributed by atoms with Gasteiger partial charge >= 0.3 is 0 Å². The second-order valence-corrected chi connectivity index (χ2v) is 2.46. The fraction of sp³-hybridized carbons (Fsp3) is 0.429. The van der Waals surface area contributed by atoms with Crippen molar-refractivity contribution >= 4 is 5.82 Å². The molecule has 52 valence electrons. The third kappa shape index (κ3) is 0.667. The van der Waals surface area contributed by atoms with Crippen molar-refractivity contribution in [1.82, 2.24) is 9.97 Å². The highest BCUT2D eigenvalue weighted by atomic mass is 15.0. The Morgan fingerprint density at radius 2 is 2.40 bits per heavy atom. The molecule has 0 fully saturated rings. The fourth-order valence-electron chi connectivity index (χ4n) is 1.26. The molecule has 0 bridgehead atoms. The molecular formula is C7H9N3. The molecule has 1 aliphatic heterocycles. The first-order valence-corrected chi connectivity index (χ1v) is 3.42. The number of hydrogen-bond donors (Lipinski definition) is 1. The van der Waals surface area contributed by atoms with E-state index in [4.69, 9.17) is 0 Å². The summed E-state index contributed by atoms with van der Waals surface area (Å²) < 4.78 is 0. The third-order valence-electron chi connectivity index (χ3n) is 1.83. The third-order valence-corrected chi connectivity index (χ3v) is 1.83. The first-order chi connectivity index (χ1) is 4.88. The minimum Gasteiger partial charge on any atom is -0.369 e. The summed E-state index contributed by atoms with van der Waals surface area (Å²) in [6.07, 6.45) is 2.68. The van der Waals surface area contributed by atoms with Crippen LogP contribution in [-0.4, -0.2) is 16.5 Å².